The number of rotatable bonds is 4. The van der Waals surface area contributed by atoms with Gasteiger partial charge >= 0.3 is 5.97 Å². The van der Waals surface area contributed by atoms with Crippen molar-refractivity contribution in [2.75, 3.05) is 0 Å². The van der Waals surface area contributed by atoms with E-state index in [0.717, 1.165) is 0 Å². The summed E-state index contributed by atoms with van der Waals surface area (Å²) < 4.78 is 0. The summed E-state index contributed by atoms with van der Waals surface area (Å²) in [4.78, 5) is 33.1. The Balaban J connectivity index is 2.55. The van der Waals surface area contributed by atoms with Gasteiger partial charge in [0.05, 0.1) is 6.10 Å². The molecule has 7 nitrogen and oxygen atoms in total. The van der Waals surface area contributed by atoms with Crippen LogP contribution < -0.4 is 10.6 Å². The smallest absolute Gasteiger partial charge is 0.328 e. The lowest BCUT2D eigenvalue weighted by molar-refractivity contribution is -0.145. The molecule has 3 unspecified atom stereocenters. The van der Waals surface area contributed by atoms with E-state index >= 15 is 0 Å². The molecule has 3 atom stereocenters. The molecule has 1 rings (SSSR count). The first kappa shape index (κ1) is 12.4. The van der Waals surface area contributed by atoms with Gasteiger partial charge in [-0.25, -0.2) is 4.79 Å². The largest absolute Gasteiger partial charge is 0.480 e. The topological polar surface area (TPSA) is 116 Å². The maximum Gasteiger partial charge on any atom is 0.328 e. The van der Waals surface area contributed by atoms with E-state index in [4.69, 9.17) is 10.2 Å². The minimum absolute atomic E-state index is 0.232. The van der Waals surface area contributed by atoms with Crippen molar-refractivity contribution in [3.8, 4) is 0 Å². The van der Waals surface area contributed by atoms with Crippen LogP contribution in [0.5, 0.6) is 0 Å². The normalized spacial score (nSPS) is 23.4. The minimum atomic E-state index is -1.36. The summed E-state index contributed by atoms with van der Waals surface area (Å²) in [7, 11) is 0. The van der Waals surface area contributed by atoms with Crippen molar-refractivity contribution >= 4 is 17.8 Å². The summed E-state index contributed by atoms with van der Waals surface area (Å²) in [6.07, 6.45) is -0.597. The van der Waals surface area contributed by atoms with Crippen molar-refractivity contribution < 1.29 is 24.6 Å². The minimum Gasteiger partial charge on any atom is -0.480 e. The van der Waals surface area contributed by atoms with Crippen LogP contribution in [0.4, 0.5) is 0 Å². The Morgan fingerprint density at radius 3 is 2.56 bits per heavy atom. The number of carboxylic acid groups (broad SMARTS) is 1. The highest BCUT2D eigenvalue weighted by Gasteiger charge is 2.32. The Morgan fingerprint density at radius 1 is 1.56 bits per heavy atom. The maximum atomic E-state index is 11.5. The molecule has 0 aromatic carbocycles. The lowest BCUT2D eigenvalue weighted by Crippen LogP contribution is -2.52. The van der Waals surface area contributed by atoms with E-state index in [-0.39, 0.29) is 12.3 Å². The number of amides is 2. The molecule has 0 aromatic heterocycles. The summed E-state index contributed by atoms with van der Waals surface area (Å²) in [5.41, 5.74) is 0. The van der Waals surface area contributed by atoms with Crippen LogP contribution in [0.25, 0.3) is 0 Å². The van der Waals surface area contributed by atoms with Crippen molar-refractivity contribution in [1.29, 1.82) is 0 Å². The van der Waals surface area contributed by atoms with E-state index in [2.05, 4.69) is 10.6 Å². The molecule has 16 heavy (non-hydrogen) atoms. The van der Waals surface area contributed by atoms with E-state index in [1.54, 1.807) is 0 Å². The summed E-state index contributed by atoms with van der Waals surface area (Å²) in [5.74, 6) is -2.13. The Bertz CT molecular complexity index is 315. The predicted molar refractivity (Wildman–Crippen MR) is 52.4 cm³/mol. The molecule has 4 N–H and O–H groups in total. The fourth-order valence-corrected chi connectivity index (χ4v) is 1.45. The van der Waals surface area contributed by atoms with E-state index in [1.807, 2.05) is 0 Å². The van der Waals surface area contributed by atoms with Gasteiger partial charge in [-0.2, -0.15) is 0 Å². The second kappa shape index (κ2) is 4.93. The third-order valence-corrected chi connectivity index (χ3v) is 2.36. The summed E-state index contributed by atoms with van der Waals surface area (Å²) in [6, 6.07) is -2.06. The first-order chi connectivity index (χ1) is 7.41. The van der Waals surface area contributed by atoms with Crippen molar-refractivity contribution in [2.45, 2.75) is 38.0 Å². The van der Waals surface area contributed by atoms with Crippen LogP contribution in [0.15, 0.2) is 0 Å². The Hall–Kier alpha value is -1.63. The molecule has 1 heterocycles. The summed E-state index contributed by atoms with van der Waals surface area (Å²) in [6.45, 7) is 1.27. The Labute approximate surface area is 91.8 Å². The lowest BCUT2D eigenvalue weighted by atomic mass is 10.1. The zero-order valence-electron chi connectivity index (χ0n) is 8.77. The third-order valence-electron chi connectivity index (χ3n) is 2.36. The Morgan fingerprint density at radius 2 is 2.19 bits per heavy atom. The molecule has 0 aromatic rings. The maximum absolute atomic E-state index is 11.5. The summed E-state index contributed by atoms with van der Waals surface area (Å²) >= 11 is 0. The van der Waals surface area contributed by atoms with Gasteiger partial charge in [0.15, 0.2) is 6.04 Å². The van der Waals surface area contributed by atoms with Crippen LogP contribution >= 0.6 is 0 Å². The summed E-state index contributed by atoms with van der Waals surface area (Å²) in [5, 5.41) is 22.5. The fourth-order valence-electron chi connectivity index (χ4n) is 1.45. The molecule has 0 spiro atoms. The third kappa shape index (κ3) is 2.93. The molecule has 1 fully saturated rings. The van der Waals surface area contributed by atoms with Gasteiger partial charge in [-0.15, -0.1) is 0 Å². The van der Waals surface area contributed by atoms with E-state index in [0.29, 0.717) is 6.42 Å². The molecule has 0 saturated carbocycles. The number of hydrogen-bond donors (Lipinski definition) is 4. The highest BCUT2D eigenvalue weighted by Crippen LogP contribution is 2.07. The second-order valence-corrected chi connectivity index (χ2v) is 3.72. The number of hydrogen-bond acceptors (Lipinski definition) is 4. The average Bonchev–Trinajstić information content (AvgIpc) is 2.59. The van der Waals surface area contributed by atoms with Crippen LogP contribution in [0.2, 0.25) is 0 Å². The van der Waals surface area contributed by atoms with E-state index < -0.39 is 30.1 Å². The van der Waals surface area contributed by atoms with Gasteiger partial charge in [0.1, 0.15) is 6.04 Å². The zero-order chi connectivity index (χ0) is 12.3. The fraction of sp³-hybridized carbons (Fsp3) is 0.667. The number of aliphatic carboxylic acids is 1. The van der Waals surface area contributed by atoms with Crippen molar-refractivity contribution in [3.05, 3.63) is 0 Å². The molecular formula is C9H14N2O5. The number of aliphatic hydroxyl groups is 1. The van der Waals surface area contributed by atoms with Gasteiger partial charge in [0, 0.05) is 6.42 Å². The van der Waals surface area contributed by atoms with Gasteiger partial charge in [0.25, 0.3) is 0 Å². The first-order valence-electron chi connectivity index (χ1n) is 4.92. The predicted octanol–water partition coefficient (Wildman–Crippen LogP) is -1.78. The van der Waals surface area contributed by atoms with Crippen LogP contribution in [0.1, 0.15) is 19.8 Å². The quantitative estimate of drug-likeness (QED) is 0.455. The highest BCUT2D eigenvalue weighted by molar-refractivity contribution is 5.92. The van der Waals surface area contributed by atoms with E-state index in [1.165, 1.54) is 6.92 Å². The number of nitrogens with one attached hydrogen (secondary N) is 2. The standard InChI is InChI=1S/C9H14N2O5/c1-4(12)7(9(15)16)11-8(14)5-2-3-6(13)10-5/h4-5,7,12H,2-3H2,1H3,(H,10,13)(H,11,14)(H,15,16). The van der Waals surface area contributed by atoms with Gasteiger partial charge in [-0.1, -0.05) is 0 Å². The number of carboxylic acids is 1. The van der Waals surface area contributed by atoms with Crippen molar-refractivity contribution in [1.82, 2.24) is 10.6 Å². The molecular weight excluding hydrogens is 216 g/mol. The monoisotopic (exact) mass is 230 g/mol. The Kier molecular flexibility index (Phi) is 3.83. The second-order valence-electron chi connectivity index (χ2n) is 3.72. The van der Waals surface area contributed by atoms with Gasteiger partial charge in [0.2, 0.25) is 11.8 Å². The number of carbonyl (C=O) groups excluding carboxylic acids is 2. The molecule has 1 saturated heterocycles. The lowest BCUT2D eigenvalue weighted by Gasteiger charge is -2.19. The van der Waals surface area contributed by atoms with Crippen LogP contribution in [0.3, 0.4) is 0 Å². The average molecular weight is 230 g/mol. The van der Waals surface area contributed by atoms with Gasteiger partial charge in [-0.05, 0) is 13.3 Å². The van der Waals surface area contributed by atoms with Crippen LogP contribution in [-0.2, 0) is 14.4 Å². The number of aliphatic hydroxyl groups excluding tert-OH is 1. The van der Waals surface area contributed by atoms with Gasteiger partial charge < -0.3 is 20.8 Å². The molecule has 0 radical (unpaired) electrons. The van der Waals surface area contributed by atoms with E-state index in [9.17, 15) is 14.4 Å². The van der Waals surface area contributed by atoms with Crippen LogP contribution in [-0.4, -0.2) is 46.2 Å². The van der Waals surface area contributed by atoms with Crippen LogP contribution in [0, 0.1) is 0 Å². The molecule has 0 bridgehead atoms. The SMILES string of the molecule is CC(O)C(NC(=O)C1CCC(=O)N1)C(=O)O. The zero-order valence-corrected chi connectivity index (χ0v) is 8.77. The van der Waals surface area contributed by atoms with Crippen molar-refractivity contribution in [2.24, 2.45) is 0 Å². The molecule has 1 aliphatic heterocycles. The molecule has 7 heteroatoms. The molecule has 90 valence electrons. The highest BCUT2D eigenvalue weighted by atomic mass is 16.4. The number of carbonyl (C=O) groups is 3. The molecule has 0 aliphatic carbocycles. The van der Waals surface area contributed by atoms with Crippen molar-refractivity contribution in [3.63, 3.8) is 0 Å². The molecule has 2 amide bonds. The van der Waals surface area contributed by atoms with Gasteiger partial charge in [-0.3, -0.25) is 9.59 Å². The first-order valence-corrected chi connectivity index (χ1v) is 4.92. The molecule has 1 aliphatic rings.